The molecule has 0 fully saturated rings. The zero-order valence-electron chi connectivity index (χ0n) is 14.1. The number of hydrogen-bond donors (Lipinski definition) is 2. The molecule has 0 saturated carbocycles. The summed E-state index contributed by atoms with van der Waals surface area (Å²) in [4.78, 5) is 4.25. The third-order valence-electron chi connectivity index (χ3n) is 4.38. The Kier molecular flexibility index (Phi) is 5.08. The van der Waals surface area contributed by atoms with Gasteiger partial charge >= 0.3 is 0 Å². The van der Waals surface area contributed by atoms with Crippen LogP contribution in [0.15, 0.2) is 60.9 Å². The maximum absolute atomic E-state index is 10.2. The second-order valence-electron chi connectivity index (χ2n) is 5.96. The first-order valence-electron chi connectivity index (χ1n) is 8.00. The summed E-state index contributed by atoms with van der Waals surface area (Å²) < 4.78 is 1.90. The largest absolute Gasteiger partial charge is 1.00 e. The molecule has 0 aliphatic carbocycles. The minimum Gasteiger partial charge on any atom is -1.00 e. The first-order valence-corrected chi connectivity index (χ1v) is 8.00. The minimum absolute atomic E-state index is 0. The number of para-hydroxylation sites is 2. The fourth-order valence-corrected chi connectivity index (χ4v) is 3.14. The summed E-state index contributed by atoms with van der Waals surface area (Å²) in [7, 11) is 1.91. The average molecular weight is 456 g/mol. The second kappa shape index (κ2) is 7.29. The fraction of sp³-hybridized carbons (Fsp3) is 0.0476. The zero-order chi connectivity index (χ0) is 17.4. The van der Waals surface area contributed by atoms with E-state index in [1.165, 1.54) is 0 Å². The fourth-order valence-electron chi connectivity index (χ4n) is 3.14. The van der Waals surface area contributed by atoms with Crippen molar-refractivity contribution in [1.29, 1.82) is 0 Å². The molecule has 5 heteroatoms. The van der Waals surface area contributed by atoms with Crippen LogP contribution in [-0.4, -0.2) is 15.2 Å². The highest BCUT2D eigenvalue weighted by Gasteiger charge is 2.12. The Balaban J connectivity index is 0.00000196. The molecule has 2 aromatic heterocycles. The van der Waals surface area contributed by atoms with Crippen molar-refractivity contribution < 1.29 is 38.8 Å². The van der Waals surface area contributed by atoms with Crippen molar-refractivity contribution in [3.63, 3.8) is 0 Å². The number of pyridine rings is 2. The number of nitrogens with zero attached hydrogens (tertiary/aromatic N) is 2. The number of aromatic nitrogens is 2. The molecule has 0 spiro atoms. The van der Waals surface area contributed by atoms with E-state index in [0.717, 1.165) is 27.4 Å². The van der Waals surface area contributed by atoms with Crippen LogP contribution in [0.25, 0.3) is 34.0 Å². The Bertz CT molecular complexity index is 1130. The van der Waals surface area contributed by atoms with Crippen molar-refractivity contribution in [2.45, 2.75) is 0 Å². The first-order chi connectivity index (χ1) is 12.1. The Morgan fingerprint density at radius 3 is 2.27 bits per heavy atom. The van der Waals surface area contributed by atoms with E-state index < -0.39 is 0 Å². The summed E-state index contributed by atoms with van der Waals surface area (Å²) in [5.74, 6) is 0.435. The van der Waals surface area contributed by atoms with E-state index in [9.17, 15) is 10.2 Å². The van der Waals surface area contributed by atoms with Gasteiger partial charge in [-0.25, -0.2) is 0 Å². The molecule has 0 aliphatic heterocycles. The summed E-state index contributed by atoms with van der Waals surface area (Å²) in [5, 5.41) is 22.0. The standard InChI is InChI=1S/C21H16N2O2.HI/c1-23-13-11-15(17-5-3-7-19(25)21(17)23)9-8-14-10-12-22-20-16(14)4-2-6-18(20)24;/h2-13,25H,1H3;1H. The van der Waals surface area contributed by atoms with E-state index in [4.69, 9.17) is 0 Å². The van der Waals surface area contributed by atoms with E-state index in [1.807, 2.05) is 66.4 Å². The maximum Gasteiger partial charge on any atom is 0.255 e. The van der Waals surface area contributed by atoms with Gasteiger partial charge in [0.2, 0.25) is 0 Å². The highest BCUT2D eigenvalue weighted by atomic mass is 127. The van der Waals surface area contributed by atoms with Crippen LogP contribution < -0.4 is 28.5 Å². The van der Waals surface area contributed by atoms with Crippen molar-refractivity contribution in [1.82, 2.24) is 4.98 Å². The molecule has 0 unspecified atom stereocenters. The Labute approximate surface area is 168 Å². The van der Waals surface area contributed by atoms with Crippen LogP contribution in [0.4, 0.5) is 0 Å². The SMILES string of the molecule is C[n+]1ccc(/C=C\c2ccnc3c(O)cccc23)c2cccc(O)c21.[I-]. The zero-order valence-corrected chi connectivity index (χ0v) is 16.3. The predicted molar refractivity (Wildman–Crippen MR) is 99.1 cm³/mol. The number of aryl methyl sites for hydroxylation is 1. The highest BCUT2D eigenvalue weighted by Crippen LogP contribution is 2.28. The van der Waals surface area contributed by atoms with E-state index in [2.05, 4.69) is 4.98 Å². The van der Waals surface area contributed by atoms with Gasteiger partial charge in [-0.3, -0.25) is 4.98 Å². The smallest absolute Gasteiger partial charge is 0.255 e. The first kappa shape index (κ1) is 18.1. The van der Waals surface area contributed by atoms with Crippen LogP contribution in [0.2, 0.25) is 0 Å². The van der Waals surface area contributed by atoms with Gasteiger partial charge in [0.15, 0.2) is 11.9 Å². The molecule has 0 amide bonds. The molecular formula is C21H17IN2O2. The van der Waals surface area contributed by atoms with Gasteiger partial charge in [0.25, 0.3) is 5.52 Å². The molecule has 2 heterocycles. The van der Waals surface area contributed by atoms with Gasteiger partial charge in [0, 0.05) is 17.6 Å². The van der Waals surface area contributed by atoms with Gasteiger partial charge in [-0.05, 0) is 35.4 Å². The second-order valence-corrected chi connectivity index (χ2v) is 5.96. The lowest BCUT2D eigenvalue weighted by Crippen LogP contribution is -3.00. The number of hydrogen-bond acceptors (Lipinski definition) is 3. The van der Waals surface area contributed by atoms with Crippen LogP contribution in [0.5, 0.6) is 11.5 Å². The number of rotatable bonds is 2. The van der Waals surface area contributed by atoms with E-state index in [0.29, 0.717) is 5.52 Å². The quantitative estimate of drug-likeness (QED) is 0.347. The minimum atomic E-state index is 0. The van der Waals surface area contributed by atoms with Crippen molar-refractivity contribution in [3.05, 3.63) is 72.1 Å². The number of benzene rings is 2. The molecule has 26 heavy (non-hydrogen) atoms. The third-order valence-corrected chi connectivity index (χ3v) is 4.38. The average Bonchev–Trinajstić information content (AvgIpc) is 2.62. The highest BCUT2D eigenvalue weighted by molar-refractivity contribution is 5.96. The molecule has 0 bridgehead atoms. The van der Waals surface area contributed by atoms with Crippen LogP contribution in [-0.2, 0) is 7.05 Å². The van der Waals surface area contributed by atoms with Crippen LogP contribution >= 0.6 is 0 Å². The number of phenolic OH excluding ortho intramolecular Hbond substituents is 2. The van der Waals surface area contributed by atoms with E-state index in [1.54, 1.807) is 18.3 Å². The molecule has 4 aromatic rings. The number of fused-ring (bicyclic) bond motifs is 2. The molecular weight excluding hydrogens is 439 g/mol. The van der Waals surface area contributed by atoms with Gasteiger partial charge < -0.3 is 34.2 Å². The molecule has 0 saturated heterocycles. The van der Waals surface area contributed by atoms with Crippen molar-refractivity contribution in [3.8, 4) is 11.5 Å². The van der Waals surface area contributed by atoms with Crippen molar-refractivity contribution in [2.24, 2.45) is 7.05 Å². The predicted octanol–water partition coefficient (Wildman–Crippen LogP) is 0.798. The van der Waals surface area contributed by atoms with Gasteiger partial charge in [0.05, 0.1) is 5.39 Å². The topological polar surface area (TPSA) is 57.2 Å². The van der Waals surface area contributed by atoms with Crippen molar-refractivity contribution >= 4 is 34.0 Å². The number of aromatic hydroxyl groups is 2. The summed E-state index contributed by atoms with van der Waals surface area (Å²) in [6.45, 7) is 0. The normalized spacial score (nSPS) is 11.1. The monoisotopic (exact) mass is 456 g/mol. The molecule has 2 N–H and O–H groups in total. The molecule has 0 aliphatic rings. The van der Waals surface area contributed by atoms with Crippen LogP contribution in [0.3, 0.4) is 0 Å². The lowest BCUT2D eigenvalue weighted by Gasteiger charge is -2.04. The summed E-state index contributed by atoms with van der Waals surface area (Å²) in [5.41, 5.74) is 3.37. The number of halogens is 1. The van der Waals surface area contributed by atoms with Gasteiger partial charge in [-0.15, -0.1) is 0 Å². The Morgan fingerprint density at radius 1 is 0.846 bits per heavy atom. The van der Waals surface area contributed by atoms with Crippen LogP contribution in [0.1, 0.15) is 11.1 Å². The molecule has 4 nitrogen and oxygen atoms in total. The molecule has 0 atom stereocenters. The summed E-state index contributed by atoms with van der Waals surface area (Å²) in [6, 6.07) is 14.8. The molecule has 4 rings (SSSR count). The molecule has 0 radical (unpaired) electrons. The van der Waals surface area contributed by atoms with Gasteiger partial charge in [0.1, 0.15) is 18.3 Å². The van der Waals surface area contributed by atoms with Crippen LogP contribution in [0, 0.1) is 0 Å². The Morgan fingerprint density at radius 2 is 1.50 bits per heavy atom. The lowest BCUT2D eigenvalue weighted by molar-refractivity contribution is -0.645. The lowest BCUT2D eigenvalue weighted by atomic mass is 10.0. The van der Waals surface area contributed by atoms with E-state index in [-0.39, 0.29) is 35.5 Å². The maximum atomic E-state index is 10.2. The summed E-state index contributed by atoms with van der Waals surface area (Å²) in [6.07, 6.45) is 7.64. The molecule has 130 valence electrons. The summed E-state index contributed by atoms with van der Waals surface area (Å²) >= 11 is 0. The third kappa shape index (κ3) is 3.10. The van der Waals surface area contributed by atoms with Gasteiger partial charge in [-0.1, -0.05) is 30.4 Å². The van der Waals surface area contributed by atoms with Gasteiger partial charge in [-0.2, -0.15) is 4.57 Å². The Hall–Kier alpha value is -2.67. The molecule has 2 aromatic carbocycles. The van der Waals surface area contributed by atoms with E-state index >= 15 is 0 Å². The number of phenols is 2. The van der Waals surface area contributed by atoms with Crippen molar-refractivity contribution in [2.75, 3.05) is 0 Å².